The molecule has 2 bridgehead atoms. The van der Waals surface area contributed by atoms with Crippen LogP contribution >= 0.6 is 0 Å². The third kappa shape index (κ3) is 1.88. The molecular formula is C13H23N. The van der Waals surface area contributed by atoms with E-state index in [0.717, 1.165) is 17.8 Å². The zero-order valence-corrected chi connectivity index (χ0v) is 9.55. The van der Waals surface area contributed by atoms with Gasteiger partial charge < -0.3 is 5.32 Å². The van der Waals surface area contributed by atoms with Crippen LogP contribution in [0.5, 0.6) is 0 Å². The Morgan fingerprint density at radius 3 is 2.64 bits per heavy atom. The van der Waals surface area contributed by atoms with Crippen molar-refractivity contribution in [2.75, 3.05) is 7.05 Å². The molecule has 1 N–H and O–H groups in total. The van der Waals surface area contributed by atoms with Crippen molar-refractivity contribution in [3.05, 3.63) is 12.2 Å². The fourth-order valence-electron chi connectivity index (χ4n) is 3.63. The van der Waals surface area contributed by atoms with Crippen molar-refractivity contribution < 1.29 is 0 Å². The Morgan fingerprint density at radius 1 is 1.43 bits per heavy atom. The first-order chi connectivity index (χ1) is 6.70. The molecule has 2 fully saturated rings. The zero-order chi connectivity index (χ0) is 10.1. The average molecular weight is 193 g/mol. The van der Waals surface area contributed by atoms with Crippen LogP contribution in [-0.4, -0.2) is 13.1 Å². The molecule has 0 radical (unpaired) electrons. The fourth-order valence-corrected chi connectivity index (χ4v) is 3.63. The highest BCUT2D eigenvalue weighted by atomic mass is 14.9. The van der Waals surface area contributed by atoms with Crippen LogP contribution < -0.4 is 5.32 Å². The van der Waals surface area contributed by atoms with Gasteiger partial charge in [0.2, 0.25) is 0 Å². The number of fused-ring (bicyclic) bond motifs is 2. The first-order valence-corrected chi connectivity index (χ1v) is 6.02. The second-order valence-corrected chi connectivity index (χ2v) is 5.40. The van der Waals surface area contributed by atoms with E-state index in [-0.39, 0.29) is 0 Å². The Balaban J connectivity index is 1.95. The Morgan fingerprint density at radius 2 is 2.21 bits per heavy atom. The Bertz CT molecular complexity index is 221. The fraction of sp³-hybridized carbons (Fsp3) is 0.846. The molecule has 14 heavy (non-hydrogen) atoms. The molecule has 0 aromatic rings. The quantitative estimate of drug-likeness (QED) is 0.677. The molecule has 2 rings (SSSR count). The van der Waals surface area contributed by atoms with Gasteiger partial charge in [-0.05, 0) is 57.4 Å². The first-order valence-electron chi connectivity index (χ1n) is 6.02. The molecule has 0 aromatic carbocycles. The van der Waals surface area contributed by atoms with Crippen LogP contribution in [0.15, 0.2) is 12.2 Å². The van der Waals surface area contributed by atoms with Crippen LogP contribution in [0.4, 0.5) is 0 Å². The highest BCUT2D eigenvalue weighted by Crippen LogP contribution is 2.50. The van der Waals surface area contributed by atoms with Crippen molar-refractivity contribution >= 4 is 0 Å². The molecule has 2 saturated carbocycles. The van der Waals surface area contributed by atoms with E-state index in [2.05, 4.69) is 25.9 Å². The zero-order valence-electron chi connectivity index (χ0n) is 9.55. The normalized spacial score (nSPS) is 37.4. The van der Waals surface area contributed by atoms with Gasteiger partial charge in [0.25, 0.3) is 0 Å². The molecule has 0 spiro atoms. The lowest BCUT2D eigenvalue weighted by molar-refractivity contribution is 0.255. The molecule has 4 unspecified atom stereocenters. The lowest BCUT2D eigenvalue weighted by Gasteiger charge is -2.30. The third-order valence-electron chi connectivity index (χ3n) is 4.25. The smallest absolute Gasteiger partial charge is 0.0132 e. The standard InChI is InChI=1S/C13H23N/c1-9(2)6-13(14-3)12-8-10-4-5-11(12)7-10/h10-14H,1,4-8H2,2-3H3. The lowest BCUT2D eigenvalue weighted by Crippen LogP contribution is -2.36. The molecule has 2 aliphatic carbocycles. The summed E-state index contributed by atoms with van der Waals surface area (Å²) in [5.74, 6) is 3.03. The maximum atomic E-state index is 4.04. The van der Waals surface area contributed by atoms with E-state index in [4.69, 9.17) is 0 Å². The van der Waals surface area contributed by atoms with Gasteiger partial charge in [-0.2, -0.15) is 0 Å². The number of hydrogen-bond acceptors (Lipinski definition) is 1. The monoisotopic (exact) mass is 193 g/mol. The summed E-state index contributed by atoms with van der Waals surface area (Å²) < 4.78 is 0. The summed E-state index contributed by atoms with van der Waals surface area (Å²) >= 11 is 0. The topological polar surface area (TPSA) is 12.0 Å². The number of rotatable bonds is 4. The molecule has 0 aromatic heterocycles. The van der Waals surface area contributed by atoms with Gasteiger partial charge in [-0.15, -0.1) is 6.58 Å². The summed E-state index contributed by atoms with van der Waals surface area (Å²) in [7, 11) is 2.11. The van der Waals surface area contributed by atoms with E-state index >= 15 is 0 Å². The highest BCUT2D eigenvalue weighted by Gasteiger charge is 2.42. The van der Waals surface area contributed by atoms with E-state index in [9.17, 15) is 0 Å². The first kappa shape index (κ1) is 10.2. The predicted octanol–water partition coefficient (Wildman–Crippen LogP) is 2.98. The van der Waals surface area contributed by atoms with Crippen molar-refractivity contribution in [1.82, 2.24) is 5.32 Å². The van der Waals surface area contributed by atoms with Gasteiger partial charge in [-0.25, -0.2) is 0 Å². The minimum absolute atomic E-state index is 0.697. The van der Waals surface area contributed by atoms with Gasteiger partial charge in [0, 0.05) is 6.04 Å². The van der Waals surface area contributed by atoms with E-state index in [1.807, 2.05) is 0 Å². The second kappa shape index (κ2) is 4.06. The van der Waals surface area contributed by atoms with Crippen LogP contribution in [0, 0.1) is 17.8 Å². The summed E-state index contributed by atoms with van der Waals surface area (Å²) in [4.78, 5) is 0. The summed E-state index contributed by atoms with van der Waals surface area (Å²) in [6.07, 6.45) is 7.15. The van der Waals surface area contributed by atoms with Crippen molar-refractivity contribution in [3.63, 3.8) is 0 Å². The molecule has 1 nitrogen and oxygen atoms in total. The van der Waals surface area contributed by atoms with Crippen molar-refractivity contribution in [3.8, 4) is 0 Å². The summed E-state index contributed by atoms with van der Waals surface area (Å²) in [5.41, 5.74) is 1.33. The third-order valence-corrected chi connectivity index (χ3v) is 4.25. The molecule has 1 heteroatoms. The van der Waals surface area contributed by atoms with Gasteiger partial charge in [0.15, 0.2) is 0 Å². The van der Waals surface area contributed by atoms with Gasteiger partial charge in [0.05, 0.1) is 0 Å². The minimum atomic E-state index is 0.697. The van der Waals surface area contributed by atoms with Crippen molar-refractivity contribution in [2.24, 2.45) is 17.8 Å². The van der Waals surface area contributed by atoms with E-state index in [1.54, 1.807) is 0 Å². The van der Waals surface area contributed by atoms with E-state index in [1.165, 1.54) is 37.7 Å². The molecule has 80 valence electrons. The van der Waals surface area contributed by atoms with Crippen LogP contribution in [0.1, 0.15) is 39.0 Å². The summed E-state index contributed by atoms with van der Waals surface area (Å²) in [6.45, 7) is 6.19. The number of nitrogens with one attached hydrogen (secondary N) is 1. The Labute approximate surface area is 88.0 Å². The lowest BCUT2D eigenvalue weighted by atomic mass is 9.81. The molecule has 0 amide bonds. The predicted molar refractivity (Wildman–Crippen MR) is 61.2 cm³/mol. The SMILES string of the molecule is C=C(C)CC(NC)C1CC2CCC1C2. The van der Waals surface area contributed by atoms with Gasteiger partial charge >= 0.3 is 0 Å². The summed E-state index contributed by atoms with van der Waals surface area (Å²) in [5, 5.41) is 3.50. The number of hydrogen-bond donors (Lipinski definition) is 1. The average Bonchev–Trinajstić information content (AvgIpc) is 2.74. The molecule has 2 aliphatic rings. The Kier molecular flexibility index (Phi) is 2.96. The van der Waals surface area contributed by atoms with Crippen LogP contribution in [0.3, 0.4) is 0 Å². The van der Waals surface area contributed by atoms with Crippen LogP contribution in [0.25, 0.3) is 0 Å². The maximum absolute atomic E-state index is 4.04. The van der Waals surface area contributed by atoms with Crippen LogP contribution in [-0.2, 0) is 0 Å². The molecule has 0 saturated heterocycles. The largest absolute Gasteiger partial charge is 0.316 e. The van der Waals surface area contributed by atoms with Crippen LogP contribution in [0.2, 0.25) is 0 Å². The van der Waals surface area contributed by atoms with Gasteiger partial charge in [-0.3, -0.25) is 0 Å². The van der Waals surface area contributed by atoms with E-state index < -0.39 is 0 Å². The van der Waals surface area contributed by atoms with Gasteiger partial charge in [-0.1, -0.05) is 12.0 Å². The van der Waals surface area contributed by atoms with E-state index in [0.29, 0.717) is 6.04 Å². The minimum Gasteiger partial charge on any atom is -0.316 e. The van der Waals surface area contributed by atoms with Crippen molar-refractivity contribution in [1.29, 1.82) is 0 Å². The highest BCUT2D eigenvalue weighted by molar-refractivity contribution is 5.00. The molecular weight excluding hydrogens is 170 g/mol. The summed E-state index contributed by atoms with van der Waals surface area (Å²) in [6, 6.07) is 0.697. The molecule has 0 aliphatic heterocycles. The maximum Gasteiger partial charge on any atom is 0.0132 e. The molecule has 0 heterocycles. The Hall–Kier alpha value is -0.300. The van der Waals surface area contributed by atoms with Crippen molar-refractivity contribution in [2.45, 2.75) is 45.1 Å². The second-order valence-electron chi connectivity index (χ2n) is 5.40. The van der Waals surface area contributed by atoms with Gasteiger partial charge in [0.1, 0.15) is 0 Å². The molecule has 4 atom stereocenters.